The lowest BCUT2D eigenvalue weighted by molar-refractivity contribution is -0.171. The van der Waals surface area contributed by atoms with E-state index in [2.05, 4.69) is 0 Å². The van der Waals surface area contributed by atoms with Crippen molar-refractivity contribution in [1.29, 1.82) is 0 Å². The molecule has 4 aliphatic carbocycles. The van der Waals surface area contributed by atoms with Gasteiger partial charge in [0.05, 0.1) is 5.56 Å². The number of carbonyl (C=O) groups excluding carboxylic acids is 3. The largest absolute Gasteiger partial charge is 0.511 e. The molecule has 0 saturated heterocycles. The minimum atomic E-state index is -2.58. The van der Waals surface area contributed by atoms with Crippen molar-refractivity contribution in [3.63, 3.8) is 0 Å². The summed E-state index contributed by atoms with van der Waals surface area (Å²) in [6, 6.07) is 3.40. The van der Waals surface area contributed by atoms with Crippen LogP contribution in [0, 0.1) is 28.6 Å². The summed E-state index contributed by atoms with van der Waals surface area (Å²) in [5.74, 6) is -4.21. The van der Waals surface area contributed by atoms with E-state index in [-0.39, 0.29) is 35.0 Å². The first-order chi connectivity index (χ1) is 18.7. The number of benzene rings is 1. The number of phenolic OH excluding ortho intramolecular Hbond substituents is 1. The molecule has 7 nitrogen and oxygen atoms in total. The van der Waals surface area contributed by atoms with E-state index in [4.69, 9.17) is 0 Å². The van der Waals surface area contributed by atoms with Gasteiger partial charge in [-0.15, -0.1) is 0 Å². The SMILES string of the molecule is CC(=O)C1=C(O)C(C(C)C)[C@@]2(C)C[C@@]3(C)Cc4c(CCC5CCCCC5)ccc(O)c4C(=O)C3=C(O)[C@@]2(O)C1=O. The van der Waals surface area contributed by atoms with Gasteiger partial charge in [0.2, 0.25) is 5.78 Å². The average molecular weight is 551 g/mol. The predicted octanol–water partition coefficient (Wildman–Crippen LogP) is 5.86. The van der Waals surface area contributed by atoms with E-state index in [9.17, 15) is 34.8 Å². The van der Waals surface area contributed by atoms with Crippen LogP contribution in [0.5, 0.6) is 5.75 Å². The number of Topliss-reactive ketones (excluding diaryl/α,β-unsaturated/α-hetero) is 3. The van der Waals surface area contributed by atoms with Gasteiger partial charge in [-0.25, -0.2) is 0 Å². The van der Waals surface area contributed by atoms with E-state index in [1.54, 1.807) is 6.92 Å². The molecular weight excluding hydrogens is 508 g/mol. The maximum atomic E-state index is 14.1. The second kappa shape index (κ2) is 9.57. The number of rotatable bonds is 5. The fourth-order valence-corrected chi connectivity index (χ4v) is 8.86. The quantitative estimate of drug-likeness (QED) is 0.338. The Kier molecular flexibility index (Phi) is 6.84. The molecule has 4 atom stereocenters. The van der Waals surface area contributed by atoms with Crippen LogP contribution < -0.4 is 0 Å². The minimum Gasteiger partial charge on any atom is -0.511 e. The van der Waals surface area contributed by atoms with E-state index < -0.39 is 51.0 Å². The van der Waals surface area contributed by atoms with Crippen LogP contribution in [0.3, 0.4) is 0 Å². The molecule has 0 radical (unpaired) electrons. The molecule has 1 unspecified atom stereocenters. The summed E-state index contributed by atoms with van der Waals surface area (Å²) < 4.78 is 0. The lowest BCUT2D eigenvalue weighted by Crippen LogP contribution is -2.67. The molecule has 216 valence electrons. The smallest absolute Gasteiger partial charge is 0.209 e. The van der Waals surface area contributed by atoms with Gasteiger partial charge in [0.15, 0.2) is 17.2 Å². The van der Waals surface area contributed by atoms with Crippen molar-refractivity contribution in [3.05, 3.63) is 51.5 Å². The van der Waals surface area contributed by atoms with Crippen LogP contribution in [0.2, 0.25) is 0 Å². The van der Waals surface area contributed by atoms with Crippen molar-refractivity contribution >= 4 is 17.3 Å². The highest BCUT2D eigenvalue weighted by Crippen LogP contribution is 2.65. The molecule has 0 bridgehead atoms. The first-order valence-corrected chi connectivity index (χ1v) is 14.7. The number of aliphatic hydroxyl groups is 3. The Balaban J connectivity index is 1.67. The molecule has 4 aliphatic rings. The Morgan fingerprint density at radius 2 is 1.70 bits per heavy atom. The summed E-state index contributed by atoms with van der Waals surface area (Å²) >= 11 is 0. The molecule has 1 fully saturated rings. The third kappa shape index (κ3) is 3.83. The molecule has 0 aromatic heterocycles. The first kappa shape index (κ1) is 28.6. The van der Waals surface area contributed by atoms with Crippen molar-refractivity contribution in [2.45, 2.75) is 98.0 Å². The van der Waals surface area contributed by atoms with Crippen molar-refractivity contribution in [1.82, 2.24) is 0 Å². The van der Waals surface area contributed by atoms with Gasteiger partial charge >= 0.3 is 0 Å². The predicted molar refractivity (Wildman–Crippen MR) is 150 cm³/mol. The third-order valence-corrected chi connectivity index (χ3v) is 10.5. The third-order valence-electron chi connectivity index (χ3n) is 10.5. The molecule has 0 spiro atoms. The van der Waals surface area contributed by atoms with Crippen LogP contribution in [0.15, 0.2) is 34.8 Å². The van der Waals surface area contributed by atoms with E-state index in [1.165, 1.54) is 38.2 Å². The zero-order chi connectivity index (χ0) is 29.4. The van der Waals surface area contributed by atoms with Crippen molar-refractivity contribution in [2.24, 2.45) is 28.6 Å². The van der Waals surface area contributed by atoms with Crippen LogP contribution >= 0.6 is 0 Å². The van der Waals surface area contributed by atoms with Crippen LogP contribution in [0.4, 0.5) is 0 Å². The molecular formula is C33H42O7. The number of hydrogen-bond acceptors (Lipinski definition) is 7. The molecule has 0 heterocycles. The number of aliphatic hydroxyl groups excluding tert-OH is 2. The average Bonchev–Trinajstić information content (AvgIpc) is 2.86. The van der Waals surface area contributed by atoms with Crippen molar-refractivity contribution < 1.29 is 34.8 Å². The number of ketones is 3. The highest BCUT2D eigenvalue weighted by molar-refractivity contribution is 6.25. The zero-order valence-corrected chi connectivity index (χ0v) is 24.3. The van der Waals surface area contributed by atoms with Crippen LogP contribution in [-0.2, 0) is 22.4 Å². The molecule has 1 aromatic rings. The van der Waals surface area contributed by atoms with Gasteiger partial charge in [0.25, 0.3) is 0 Å². The molecule has 0 aliphatic heterocycles. The van der Waals surface area contributed by atoms with Crippen LogP contribution in [0.1, 0.15) is 101 Å². The molecule has 40 heavy (non-hydrogen) atoms. The number of fused-ring (bicyclic) bond motifs is 3. The number of hydrogen-bond donors (Lipinski definition) is 4. The number of allylic oxidation sites excluding steroid dienone is 2. The molecule has 5 rings (SSSR count). The Labute approximate surface area is 236 Å². The van der Waals surface area contributed by atoms with Crippen LogP contribution in [-0.4, -0.2) is 43.4 Å². The normalized spacial score (nSPS) is 32.7. The van der Waals surface area contributed by atoms with Gasteiger partial charge < -0.3 is 20.4 Å². The summed E-state index contributed by atoms with van der Waals surface area (Å²) in [5, 5.41) is 46.0. The molecule has 7 heteroatoms. The maximum absolute atomic E-state index is 14.1. The Morgan fingerprint density at radius 1 is 1.05 bits per heavy atom. The number of aromatic hydroxyl groups is 1. The van der Waals surface area contributed by atoms with Gasteiger partial charge in [-0.05, 0) is 61.6 Å². The van der Waals surface area contributed by atoms with E-state index in [0.29, 0.717) is 12.3 Å². The number of phenols is 1. The van der Waals surface area contributed by atoms with Crippen LogP contribution in [0.25, 0.3) is 0 Å². The summed E-state index contributed by atoms with van der Waals surface area (Å²) in [6.07, 6.45) is 8.40. The highest BCUT2D eigenvalue weighted by Gasteiger charge is 2.71. The van der Waals surface area contributed by atoms with E-state index in [0.717, 1.165) is 30.9 Å². The monoisotopic (exact) mass is 550 g/mol. The molecule has 0 amide bonds. The lowest BCUT2D eigenvalue weighted by atomic mass is 9.44. The van der Waals surface area contributed by atoms with E-state index >= 15 is 0 Å². The topological polar surface area (TPSA) is 132 Å². The van der Waals surface area contributed by atoms with Crippen molar-refractivity contribution in [2.75, 3.05) is 0 Å². The maximum Gasteiger partial charge on any atom is 0.209 e. The fourth-order valence-electron chi connectivity index (χ4n) is 8.86. The second-order valence-electron chi connectivity index (χ2n) is 13.6. The number of aryl methyl sites for hydroxylation is 1. The summed E-state index contributed by atoms with van der Waals surface area (Å²) in [5.41, 5.74) is -3.73. The Hall–Kier alpha value is -2.93. The summed E-state index contributed by atoms with van der Waals surface area (Å²) in [7, 11) is 0. The summed E-state index contributed by atoms with van der Waals surface area (Å²) in [6.45, 7) is 8.32. The van der Waals surface area contributed by atoms with Gasteiger partial charge in [0.1, 0.15) is 22.8 Å². The van der Waals surface area contributed by atoms with Gasteiger partial charge in [-0.2, -0.15) is 0 Å². The van der Waals surface area contributed by atoms with Gasteiger partial charge in [-0.1, -0.05) is 65.9 Å². The lowest BCUT2D eigenvalue weighted by Gasteiger charge is -2.59. The Bertz CT molecular complexity index is 1360. The molecule has 1 aromatic carbocycles. The molecule has 4 N–H and O–H groups in total. The van der Waals surface area contributed by atoms with Crippen molar-refractivity contribution in [3.8, 4) is 5.75 Å². The second-order valence-corrected chi connectivity index (χ2v) is 13.6. The Morgan fingerprint density at radius 3 is 2.30 bits per heavy atom. The first-order valence-electron chi connectivity index (χ1n) is 14.7. The number of carbonyl (C=O) groups is 3. The molecule has 1 saturated carbocycles. The zero-order valence-electron chi connectivity index (χ0n) is 24.3. The summed E-state index contributed by atoms with van der Waals surface area (Å²) in [4.78, 5) is 40.4. The van der Waals surface area contributed by atoms with Gasteiger partial charge in [0, 0.05) is 22.3 Å². The standard InChI is InChI=1S/C33H42O7/c1-17(2)25-27(36)23(18(3)34)29(38)33(40)30(39)26-28(37)24-21(15-31(26,4)16-32(25,33)5)20(13-14-22(24)35)12-11-19-9-7-6-8-10-19/h13-14,17,19,25,35-36,39-40H,6-12,15-16H2,1-5H3/t25?,31-,32-,33+/m1/s1. The van der Waals surface area contributed by atoms with E-state index in [1.807, 2.05) is 26.8 Å². The highest BCUT2D eigenvalue weighted by atomic mass is 16.3. The van der Waals surface area contributed by atoms with Gasteiger partial charge in [-0.3, -0.25) is 14.4 Å². The fraction of sp³-hybridized carbons (Fsp3) is 0.606. The minimum absolute atomic E-state index is 0.0974.